The molecule has 2 saturated heterocycles. The van der Waals surface area contributed by atoms with Crippen molar-refractivity contribution in [3.63, 3.8) is 0 Å². The summed E-state index contributed by atoms with van der Waals surface area (Å²) in [6, 6.07) is 22.7. The Bertz CT molecular complexity index is 2950. The lowest BCUT2D eigenvalue weighted by atomic mass is 9.44. The number of hydrogen-bond acceptors (Lipinski definition) is 18. The molecule has 3 aromatic rings. The van der Waals surface area contributed by atoms with E-state index in [1.165, 1.54) is 64.5 Å². The number of hydrogen-bond donors (Lipinski definition) is 3. The van der Waals surface area contributed by atoms with E-state index in [2.05, 4.69) is 24.4 Å². The average molecular weight is 1220 g/mol. The minimum atomic E-state index is -2.49. The number of carbonyl (C=O) groups excluding carboxylic acids is 7. The van der Waals surface area contributed by atoms with Crippen LogP contribution in [-0.4, -0.2) is 132 Å². The third kappa shape index (κ3) is 15.1. The highest BCUT2D eigenvalue weighted by Gasteiger charge is 2.78. The highest BCUT2D eigenvalue weighted by atomic mass is 16.8. The zero-order valence-electron chi connectivity index (χ0n) is 51.9. The fraction of sp³-hybridized carbons (Fsp3) is 0.580. The Hall–Kier alpha value is -6.77. The molecule has 5 aliphatic rings. The van der Waals surface area contributed by atoms with Gasteiger partial charge in [-0.25, -0.2) is 14.4 Å². The third-order valence-corrected chi connectivity index (χ3v) is 18.6. The van der Waals surface area contributed by atoms with Crippen molar-refractivity contribution in [2.45, 2.75) is 217 Å². The summed E-state index contributed by atoms with van der Waals surface area (Å²) in [4.78, 5) is 101. The van der Waals surface area contributed by atoms with Crippen LogP contribution in [-0.2, 0) is 61.8 Å². The molecule has 0 aromatic heterocycles. The maximum atomic E-state index is 15.9. The molecule has 19 nitrogen and oxygen atoms in total. The van der Waals surface area contributed by atoms with Crippen LogP contribution in [0.25, 0.3) is 0 Å². The van der Waals surface area contributed by atoms with E-state index in [1.54, 1.807) is 92.7 Å². The molecule has 19 heteroatoms. The van der Waals surface area contributed by atoms with Gasteiger partial charge in [-0.2, -0.15) is 0 Å². The first kappa shape index (κ1) is 67.2. The standard InChI is InChI=1S/C69H89NO18/c1-8-9-10-11-12-13-14-15-16-17-18-19-20-21-31-38-54-80-41-50(84-54)42-81-65(78)86-58(56(47-32-25-22-26-33-47)70-62(75)48-34-27-23-28-35-48)64(77)85-51-40-69(79)61(87-63(76)49-36-29-24-30-37-49)59-67(7,52(73)39-53-68(59,43-82-53)88-46(4)72)60(74)57(83-45(3)71)55(44(51)2)66(69,5)6/h15-16,22-30,32-37,50-54,56-59,61,73,79H,8-14,17-21,31,38-43H2,1-7H3,(H,70,75)/b16-15-/t50-,51-,52-,53+,54-,56-,57+,58+,59-,61-,67+,68-,69+/m0/s1. The molecule has 8 rings (SSSR count). The second-order valence-corrected chi connectivity index (χ2v) is 24.9. The van der Waals surface area contributed by atoms with Crippen molar-refractivity contribution >= 4 is 41.7 Å². The number of rotatable bonds is 28. The van der Waals surface area contributed by atoms with E-state index in [9.17, 15) is 34.2 Å². The summed E-state index contributed by atoms with van der Waals surface area (Å²) in [6.07, 6.45) is 6.99. The number of esters is 4. The molecule has 3 aromatic carbocycles. The first-order valence-corrected chi connectivity index (χ1v) is 31.4. The molecule has 3 N–H and O–H groups in total. The summed E-state index contributed by atoms with van der Waals surface area (Å²) >= 11 is 0. The van der Waals surface area contributed by atoms with Gasteiger partial charge in [0, 0.05) is 37.7 Å². The van der Waals surface area contributed by atoms with Crippen LogP contribution < -0.4 is 5.32 Å². The maximum Gasteiger partial charge on any atom is 0.509 e. The number of allylic oxidation sites excluding steroid dienone is 2. The quantitative estimate of drug-likeness (QED) is 0.0264. The maximum absolute atomic E-state index is 15.9. The predicted molar refractivity (Wildman–Crippen MR) is 322 cm³/mol. The summed E-state index contributed by atoms with van der Waals surface area (Å²) in [6.45, 7) is 9.94. The Morgan fingerprint density at radius 1 is 0.750 bits per heavy atom. The Kier molecular flexibility index (Phi) is 23.0. The SMILES string of the molecule is CCCCCCCC/C=C\CCCCCCC[C@H]1OC[C@@H](COC(=O)O[C@@H](C(=O)O[C@H]2C[C@@]3(O)[C@@H](OC(=O)c4ccccc4)[C@@H]4[C@]5(OC(C)=O)CO[C@@H]5C[C@H](O)[C@@]4(C)C(=O)[C@H](OC(C)=O)C(=C2C)C3(C)C)[C@@H](NC(=O)c2ccccc2)c2ccccc2)O1. The van der Waals surface area contributed by atoms with Gasteiger partial charge < -0.3 is 58.2 Å². The number of unbranched alkanes of at least 4 members (excludes halogenated alkanes) is 11. The van der Waals surface area contributed by atoms with Crippen LogP contribution in [0.15, 0.2) is 114 Å². The van der Waals surface area contributed by atoms with E-state index >= 15 is 9.59 Å². The molecule has 0 unspecified atom stereocenters. The predicted octanol–water partition coefficient (Wildman–Crippen LogP) is 10.7. The lowest BCUT2D eigenvalue weighted by Crippen LogP contribution is -2.82. The van der Waals surface area contributed by atoms with Crippen molar-refractivity contribution < 1.29 is 86.4 Å². The van der Waals surface area contributed by atoms with Crippen molar-refractivity contribution in [1.29, 1.82) is 0 Å². The molecule has 2 saturated carbocycles. The van der Waals surface area contributed by atoms with E-state index in [-0.39, 0.29) is 48.5 Å². The van der Waals surface area contributed by atoms with Crippen molar-refractivity contribution in [2.24, 2.45) is 16.7 Å². The number of nitrogens with one attached hydrogen (secondary N) is 1. The molecular weight excluding hydrogens is 1130 g/mol. The van der Waals surface area contributed by atoms with Crippen molar-refractivity contribution in [2.75, 3.05) is 19.8 Å². The molecule has 478 valence electrons. The highest BCUT2D eigenvalue weighted by Crippen LogP contribution is 2.64. The third-order valence-electron chi connectivity index (χ3n) is 18.6. The van der Waals surface area contributed by atoms with Crippen molar-refractivity contribution in [3.05, 3.63) is 131 Å². The van der Waals surface area contributed by atoms with E-state index in [4.69, 9.17) is 42.6 Å². The van der Waals surface area contributed by atoms with Crippen LogP contribution in [0.2, 0.25) is 0 Å². The van der Waals surface area contributed by atoms with Gasteiger partial charge >= 0.3 is 30.0 Å². The minimum Gasteiger partial charge on any atom is -0.455 e. The number of aliphatic hydroxyl groups excluding tert-OH is 1. The molecule has 13 atom stereocenters. The summed E-state index contributed by atoms with van der Waals surface area (Å²) in [5, 5.41) is 29.3. The fourth-order valence-electron chi connectivity index (χ4n) is 13.7. The normalized spacial score (nSPS) is 28.5. The van der Waals surface area contributed by atoms with Crippen LogP contribution in [0.3, 0.4) is 0 Å². The Morgan fingerprint density at radius 3 is 1.95 bits per heavy atom. The van der Waals surface area contributed by atoms with Crippen LogP contribution in [0.5, 0.6) is 0 Å². The van der Waals surface area contributed by atoms with Crippen LogP contribution in [0.1, 0.15) is 184 Å². The summed E-state index contributed by atoms with van der Waals surface area (Å²) < 4.78 is 54.7. The summed E-state index contributed by atoms with van der Waals surface area (Å²) in [5.74, 6) is -7.13. The largest absolute Gasteiger partial charge is 0.509 e. The monoisotopic (exact) mass is 1220 g/mol. The van der Waals surface area contributed by atoms with Gasteiger partial charge in [-0.15, -0.1) is 0 Å². The number of benzene rings is 3. The molecule has 2 bridgehead atoms. The first-order valence-electron chi connectivity index (χ1n) is 31.4. The van der Waals surface area contributed by atoms with Gasteiger partial charge in [0.05, 0.1) is 36.2 Å². The molecule has 88 heavy (non-hydrogen) atoms. The number of ketones is 1. The zero-order valence-corrected chi connectivity index (χ0v) is 51.9. The number of ether oxygens (including phenoxy) is 9. The Balaban J connectivity index is 1.06. The van der Waals surface area contributed by atoms with Gasteiger partial charge in [0.25, 0.3) is 5.91 Å². The van der Waals surface area contributed by atoms with Gasteiger partial charge in [-0.1, -0.05) is 151 Å². The molecule has 1 amide bonds. The summed E-state index contributed by atoms with van der Waals surface area (Å²) in [5.41, 5.74) is -7.59. The summed E-state index contributed by atoms with van der Waals surface area (Å²) in [7, 11) is 0. The second kappa shape index (κ2) is 30.2. The lowest BCUT2D eigenvalue weighted by molar-refractivity contribution is -0.346. The zero-order chi connectivity index (χ0) is 63.2. The Labute approximate surface area is 516 Å². The lowest BCUT2D eigenvalue weighted by Gasteiger charge is -2.67. The molecule has 2 aliphatic heterocycles. The van der Waals surface area contributed by atoms with Crippen molar-refractivity contribution in [3.8, 4) is 0 Å². The smallest absolute Gasteiger partial charge is 0.455 e. The number of fused-ring (bicyclic) bond motifs is 5. The Morgan fingerprint density at radius 2 is 1.35 bits per heavy atom. The molecule has 3 aliphatic carbocycles. The number of aliphatic hydroxyl groups is 2. The molecule has 2 heterocycles. The second-order valence-electron chi connectivity index (χ2n) is 24.9. The number of carbonyl (C=O) groups is 7. The van der Waals surface area contributed by atoms with Gasteiger partial charge in [0.15, 0.2) is 23.8 Å². The highest BCUT2D eigenvalue weighted by molar-refractivity contribution is 5.96. The van der Waals surface area contributed by atoms with Gasteiger partial charge in [0.2, 0.25) is 6.10 Å². The van der Waals surface area contributed by atoms with Gasteiger partial charge in [0.1, 0.15) is 42.7 Å². The van der Waals surface area contributed by atoms with Gasteiger partial charge in [-0.3, -0.25) is 19.2 Å². The van der Waals surface area contributed by atoms with E-state index in [1.807, 2.05) is 0 Å². The fourth-order valence-corrected chi connectivity index (χ4v) is 13.7. The first-order chi connectivity index (χ1) is 42.2. The van der Waals surface area contributed by atoms with Gasteiger partial charge in [-0.05, 0) is 93.3 Å². The van der Waals surface area contributed by atoms with Crippen LogP contribution >= 0.6 is 0 Å². The van der Waals surface area contributed by atoms with Crippen LogP contribution in [0.4, 0.5) is 4.79 Å². The molecule has 4 fully saturated rings. The van der Waals surface area contributed by atoms with E-state index in [0.717, 1.165) is 58.8 Å². The minimum absolute atomic E-state index is 0.0405. The van der Waals surface area contributed by atoms with E-state index in [0.29, 0.717) is 12.0 Å². The number of amides is 1. The van der Waals surface area contributed by atoms with Crippen LogP contribution in [0, 0.1) is 16.7 Å². The van der Waals surface area contributed by atoms with E-state index < -0.39 is 131 Å². The number of Topliss-reactive ketones (excluding diaryl/α,β-unsaturated/α-hetero) is 1. The molecule has 0 radical (unpaired) electrons. The molecule has 0 spiro atoms. The topological polar surface area (TPSA) is 255 Å². The van der Waals surface area contributed by atoms with Crippen molar-refractivity contribution in [1.82, 2.24) is 5.32 Å². The average Bonchev–Trinajstić information content (AvgIpc) is 0.817. The molecular formula is C69H89NO18.